The molecule has 2 heterocycles. The molecule has 84 valence electrons. The average molecular weight is 211 g/mol. The number of carbonyl (C=O) groups excluding carboxylic acids is 1. The fourth-order valence-corrected chi connectivity index (χ4v) is 3.05. The second kappa shape index (κ2) is 3.19. The molecule has 15 heavy (non-hydrogen) atoms. The predicted octanol–water partition coefficient (Wildman–Crippen LogP) is 0.810. The molecule has 2 saturated heterocycles. The standard InChI is InChI=1S/C11H17NO3/c13-9-7-10(8-12-9)1-3-11(4-2-10)14-5-6-15-11/h1-8H2,(H,12,13). The minimum Gasteiger partial charge on any atom is -0.356 e. The molecule has 3 aliphatic rings. The van der Waals surface area contributed by atoms with Crippen molar-refractivity contribution in [3.63, 3.8) is 0 Å². The maximum Gasteiger partial charge on any atom is 0.220 e. The van der Waals surface area contributed by atoms with E-state index in [0.717, 1.165) is 45.4 Å². The van der Waals surface area contributed by atoms with Crippen LogP contribution in [0.2, 0.25) is 0 Å². The molecule has 1 saturated carbocycles. The fourth-order valence-electron chi connectivity index (χ4n) is 3.05. The molecule has 0 atom stereocenters. The van der Waals surface area contributed by atoms with E-state index in [2.05, 4.69) is 5.32 Å². The maximum absolute atomic E-state index is 11.3. The Morgan fingerprint density at radius 3 is 2.27 bits per heavy atom. The summed E-state index contributed by atoms with van der Waals surface area (Å²) in [5.74, 6) is -0.0872. The van der Waals surface area contributed by atoms with Crippen LogP contribution < -0.4 is 5.32 Å². The van der Waals surface area contributed by atoms with E-state index in [4.69, 9.17) is 9.47 Å². The highest BCUT2D eigenvalue weighted by atomic mass is 16.7. The van der Waals surface area contributed by atoms with Crippen LogP contribution in [0, 0.1) is 5.41 Å². The smallest absolute Gasteiger partial charge is 0.220 e. The molecule has 3 fully saturated rings. The molecule has 2 aliphatic heterocycles. The van der Waals surface area contributed by atoms with E-state index in [9.17, 15) is 4.79 Å². The van der Waals surface area contributed by atoms with Gasteiger partial charge in [0.15, 0.2) is 5.79 Å². The van der Waals surface area contributed by atoms with E-state index in [1.807, 2.05) is 0 Å². The third kappa shape index (κ3) is 1.56. The highest BCUT2D eigenvalue weighted by Crippen LogP contribution is 2.47. The molecular weight excluding hydrogens is 194 g/mol. The summed E-state index contributed by atoms with van der Waals surface area (Å²) >= 11 is 0. The van der Waals surface area contributed by atoms with E-state index in [1.165, 1.54) is 0 Å². The zero-order valence-corrected chi connectivity index (χ0v) is 8.88. The van der Waals surface area contributed by atoms with Crippen LogP contribution in [0.15, 0.2) is 0 Å². The summed E-state index contributed by atoms with van der Waals surface area (Å²) in [6.07, 6.45) is 4.68. The van der Waals surface area contributed by atoms with Gasteiger partial charge in [0.2, 0.25) is 5.91 Å². The molecular formula is C11H17NO3. The molecule has 2 spiro atoms. The fraction of sp³-hybridized carbons (Fsp3) is 0.909. The SMILES string of the molecule is O=C1CC2(CCC3(CC2)OCCO3)CN1. The van der Waals surface area contributed by atoms with Crippen molar-refractivity contribution in [3.05, 3.63) is 0 Å². The first kappa shape index (κ1) is 9.60. The van der Waals surface area contributed by atoms with E-state index >= 15 is 0 Å². The molecule has 4 heteroatoms. The normalized spacial score (nSPS) is 32.4. The molecule has 0 aromatic rings. The van der Waals surface area contributed by atoms with Crippen LogP contribution in [0.1, 0.15) is 32.1 Å². The van der Waals surface area contributed by atoms with Crippen LogP contribution in [0.5, 0.6) is 0 Å². The van der Waals surface area contributed by atoms with Crippen LogP contribution in [0.3, 0.4) is 0 Å². The number of hydrogen-bond donors (Lipinski definition) is 1. The zero-order chi connectivity index (χ0) is 10.4. The van der Waals surface area contributed by atoms with Crippen LogP contribution in [-0.4, -0.2) is 31.5 Å². The van der Waals surface area contributed by atoms with Gasteiger partial charge in [0.1, 0.15) is 0 Å². The zero-order valence-electron chi connectivity index (χ0n) is 8.88. The van der Waals surface area contributed by atoms with Gasteiger partial charge < -0.3 is 14.8 Å². The minimum atomic E-state index is -0.295. The summed E-state index contributed by atoms with van der Waals surface area (Å²) in [6.45, 7) is 2.30. The lowest BCUT2D eigenvalue weighted by atomic mass is 9.71. The van der Waals surface area contributed by atoms with E-state index in [-0.39, 0.29) is 17.1 Å². The summed E-state index contributed by atoms with van der Waals surface area (Å²) in [5, 5.41) is 2.94. The monoisotopic (exact) mass is 211 g/mol. The second-order valence-electron chi connectivity index (χ2n) is 5.06. The summed E-state index contributed by atoms with van der Waals surface area (Å²) < 4.78 is 11.4. The Labute approximate surface area is 89.3 Å². The average Bonchev–Trinajstić information content (AvgIpc) is 2.81. The number of nitrogens with one attached hydrogen (secondary N) is 1. The van der Waals surface area contributed by atoms with Crippen molar-refractivity contribution < 1.29 is 14.3 Å². The van der Waals surface area contributed by atoms with Crippen molar-refractivity contribution in [2.45, 2.75) is 37.9 Å². The largest absolute Gasteiger partial charge is 0.356 e. The van der Waals surface area contributed by atoms with Crippen LogP contribution in [0.4, 0.5) is 0 Å². The van der Waals surface area contributed by atoms with Crippen LogP contribution >= 0.6 is 0 Å². The Hall–Kier alpha value is -0.610. The first-order chi connectivity index (χ1) is 7.22. The van der Waals surface area contributed by atoms with Crippen molar-refractivity contribution in [1.29, 1.82) is 0 Å². The van der Waals surface area contributed by atoms with Crippen molar-refractivity contribution in [1.82, 2.24) is 5.32 Å². The lowest BCUT2D eigenvalue weighted by molar-refractivity contribution is -0.190. The molecule has 0 unspecified atom stereocenters. The lowest BCUT2D eigenvalue weighted by Gasteiger charge is -2.40. The molecule has 0 bridgehead atoms. The molecule has 1 N–H and O–H groups in total. The summed E-state index contributed by atoms with van der Waals surface area (Å²) in [5.41, 5.74) is 0.206. The van der Waals surface area contributed by atoms with Crippen molar-refractivity contribution in [3.8, 4) is 0 Å². The molecule has 1 aliphatic carbocycles. The number of hydrogen-bond acceptors (Lipinski definition) is 3. The number of carbonyl (C=O) groups is 1. The van der Waals surface area contributed by atoms with E-state index in [1.54, 1.807) is 0 Å². The predicted molar refractivity (Wildman–Crippen MR) is 53.2 cm³/mol. The summed E-state index contributed by atoms with van der Waals surface area (Å²) in [6, 6.07) is 0. The first-order valence-electron chi connectivity index (χ1n) is 5.77. The topological polar surface area (TPSA) is 47.6 Å². The van der Waals surface area contributed by atoms with E-state index < -0.39 is 0 Å². The molecule has 0 aromatic heterocycles. The minimum absolute atomic E-state index is 0.206. The number of ether oxygens (including phenoxy) is 2. The van der Waals surface area contributed by atoms with E-state index in [0.29, 0.717) is 6.42 Å². The van der Waals surface area contributed by atoms with Gasteiger partial charge in [0.05, 0.1) is 13.2 Å². The van der Waals surface area contributed by atoms with Gasteiger partial charge in [0, 0.05) is 25.8 Å². The summed E-state index contributed by atoms with van der Waals surface area (Å²) in [4.78, 5) is 11.3. The Bertz CT molecular complexity index is 274. The van der Waals surface area contributed by atoms with Gasteiger partial charge in [-0.25, -0.2) is 0 Å². The Morgan fingerprint density at radius 2 is 1.73 bits per heavy atom. The third-order valence-corrected chi connectivity index (χ3v) is 4.08. The highest BCUT2D eigenvalue weighted by Gasteiger charge is 2.48. The highest BCUT2D eigenvalue weighted by molar-refractivity contribution is 5.79. The third-order valence-electron chi connectivity index (χ3n) is 4.08. The molecule has 1 amide bonds. The summed E-state index contributed by atoms with van der Waals surface area (Å²) in [7, 11) is 0. The van der Waals surface area contributed by atoms with Crippen molar-refractivity contribution in [2.24, 2.45) is 5.41 Å². The number of amides is 1. The van der Waals surface area contributed by atoms with Gasteiger partial charge in [-0.05, 0) is 18.3 Å². The van der Waals surface area contributed by atoms with Gasteiger partial charge in [-0.15, -0.1) is 0 Å². The molecule has 0 radical (unpaired) electrons. The molecule has 0 aromatic carbocycles. The van der Waals surface area contributed by atoms with Crippen molar-refractivity contribution >= 4 is 5.91 Å². The first-order valence-corrected chi connectivity index (χ1v) is 5.77. The van der Waals surface area contributed by atoms with Crippen LogP contribution in [-0.2, 0) is 14.3 Å². The van der Waals surface area contributed by atoms with Crippen molar-refractivity contribution in [2.75, 3.05) is 19.8 Å². The van der Waals surface area contributed by atoms with Gasteiger partial charge in [-0.2, -0.15) is 0 Å². The Balaban J connectivity index is 1.67. The Morgan fingerprint density at radius 1 is 1.07 bits per heavy atom. The number of rotatable bonds is 0. The maximum atomic E-state index is 11.3. The second-order valence-corrected chi connectivity index (χ2v) is 5.06. The van der Waals surface area contributed by atoms with Gasteiger partial charge >= 0.3 is 0 Å². The quantitative estimate of drug-likeness (QED) is 0.645. The van der Waals surface area contributed by atoms with Gasteiger partial charge in [-0.3, -0.25) is 4.79 Å². The molecule has 3 rings (SSSR count). The lowest BCUT2D eigenvalue weighted by Crippen LogP contribution is -2.40. The van der Waals surface area contributed by atoms with Gasteiger partial charge in [0.25, 0.3) is 0 Å². The van der Waals surface area contributed by atoms with Gasteiger partial charge in [-0.1, -0.05) is 0 Å². The molecule has 4 nitrogen and oxygen atoms in total. The van der Waals surface area contributed by atoms with Crippen LogP contribution in [0.25, 0.3) is 0 Å². The Kier molecular flexibility index (Phi) is 2.04.